The van der Waals surface area contributed by atoms with Gasteiger partial charge in [0.15, 0.2) is 0 Å². The van der Waals surface area contributed by atoms with Gasteiger partial charge in [-0.05, 0) is 48.0 Å². The summed E-state index contributed by atoms with van der Waals surface area (Å²) in [6.07, 6.45) is 2.34. The van der Waals surface area contributed by atoms with Gasteiger partial charge in [0, 0.05) is 25.5 Å². The molecule has 0 heterocycles. The van der Waals surface area contributed by atoms with Crippen molar-refractivity contribution >= 4 is 34.1 Å². The van der Waals surface area contributed by atoms with Crippen LogP contribution in [0.5, 0.6) is 0 Å². The van der Waals surface area contributed by atoms with Crippen molar-refractivity contribution in [2.24, 2.45) is 0 Å². The molecule has 1 N–H and O–H groups in total. The number of halogens is 1. The molecule has 2 aromatic carbocycles. The number of carbonyl (C=O) groups is 2. The number of hydrogen-bond acceptors (Lipinski definition) is 3. The summed E-state index contributed by atoms with van der Waals surface area (Å²) in [4.78, 5) is 22.1. The molecule has 0 bridgehead atoms. The van der Waals surface area contributed by atoms with Gasteiger partial charge in [-0.3, -0.25) is 9.59 Å². The molecule has 1 amide bonds. The Hall–Kier alpha value is -2.85. The minimum absolute atomic E-state index is 0.0961. The van der Waals surface area contributed by atoms with Crippen molar-refractivity contribution in [1.29, 1.82) is 0 Å². The molecule has 0 atom stereocenters. The highest BCUT2D eigenvalue weighted by molar-refractivity contribution is 6.66. The topological polar surface area (TPSA) is 49.4 Å². The lowest BCUT2D eigenvalue weighted by atomic mass is 10.3. The van der Waals surface area contributed by atoms with Crippen molar-refractivity contribution in [2.75, 3.05) is 24.3 Å². The van der Waals surface area contributed by atoms with Gasteiger partial charge in [0.05, 0.1) is 0 Å². The lowest BCUT2D eigenvalue weighted by Gasteiger charge is -2.14. The van der Waals surface area contributed by atoms with Crippen LogP contribution in [0.25, 0.3) is 0 Å². The molecule has 0 radical (unpaired) electrons. The SMILES string of the molecule is C=CC(=O)Cl.C=CC(=O)N(C)c1ccccc1.CNc1ccccc1. The highest BCUT2D eigenvalue weighted by atomic mass is 35.5. The van der Waals surface area contributed by atoms with Crippen LogP contribution in [-0.2, 0) is 9.59 Å². The smallest absolute Gasteiger partial charge is 0.250 e. The number of nitrogens with one attached hydrogen (secondary N) is 1. The molecule has 25 heavy (non-hydrogen) atoms. The zero-order valence-corrected chi connectivity index (χ0v) is 15.2. The number of likely N-dealkylation sites (N-methyl/N-ethyl adjacent to an activating group) is 1. The summed E-state index contributed by atoms with van der Waals surface area (Å²) < 4.78 is 0. The number of amides is 1. The van der Waals surface area contributed by atoms with Crippen LogP contribution in [0.15, 0.2) is 86.0 Å². The van der Waals surface area contributed by atoms with E-state index in [0.29, 0.717) is 0 Å². The van der Waals surface area contributed by atoms with Crippen LogP contribution in [-0.4, -0.2) is 25.2 Å². The van der Waals surface area contributed by atoms with E-state index >= 15 is 0 Å². The predicted molar refractivity (Wildman–Crippen MR) is 107 cm³/mol. The molecular weight excluding hydrogens is 336 g/mol. The van der Waals surface area contributed by atoms with Gasteiger partial charge in [0.25, 0.3) is 0 Å². The van der Waals surface area contributed by atoms with Crippen LogP contribution in [0.1, 0.15) is 0 Å². The van der Waals surface area contributed by atoms with Crippen LogP contribution < -0.4 is 10.2 Å². The molecule has 0 saturated carbocycles. The molecular formula is C20H23ClN2O2. The van der Waals surface area contributed by atoms with Crippen LogP contribution >= 0.6 is 11.6 Å². The van der Waals surface area contributed by atoms with E-state index in [1.165, 1.54) is 6.08 Å². The maximum absolute atomic E-state index is 11.1. The van der Waals surface area contributed by atoms with E-state index in [4.69, 9.17) is 11.6 Å². The average Bonchev–Trinajstić information content (AvgIpc) is 2.69. The molecule has 132 valence electrons. The Morgan fingerprint density at radius 3 is 1.72 bits per heavy atom. The Balaban J connectivity index is 0.000000382. The Morgan fingerprint density at radius 1 is 0.960 bits per heavy atom. The summed E-state index contributed by atoms with van der Waals surface area (Å²) >= 11 is 4.71. The molecule has 0 aliphatic rings. The first-order valence-electron chi connectivity index (χ1n) is 7.46. The molecule has 0 unspecified atom stereocenters. The van der Waals surface area contributed by atoms with E-state index in [9.17, 15) is 9.59 Å². The number of hydrogen-bond donors (Lipinski definition) is 1. The number of nitrogens with zero attached hydrogens (tertiary/aromatic N) is 1. The first-order valence-corrected chi connectivity index (χ1v) is 7.83. The first kappa shape index (κ1) is 22.2. The Kier molecular flexibility index (Phi) is 12.0. The third kappa shape index (κ3) is 10.5. The quantitative estimate of drug-likeness (QED) is 0.646. The molecule has 2 rings (SSSR count). The Bertz CT molecular complexity index is 658. The summed E-state index contributed by atoms with van der Waals surface area (Å²) in [6, 6.07) is 19.5. The van der Waals surface area contributed by atoms with Gasteiger partial charge < -0.3 is 10.2 Å². The molecule has 0 saturated heterocycles. The number of para-hydroxylation sites is 2. The second-order valence-corrected chi connectivity index (χ2v) is 4.93. The molecule has 5 heteroatoms. The van der Waals surface area contributed by atoms with E-state index in [2.05, 4.69) is 18.5 Å². The standard InChI is InChI=1S/C10H11NO.C7H9N.C3H3ClO/c1-3-10(12)11(2)9-7-5-4-6-8-9;1-8-7-5-3-2-4-6-7;1-2-3(4)5/h3-8H,1H2,2H3;2-6,8H,1H3;2H,1H2. The highest BCUT2D eigenvalue weighted by Gasteiger charge is 2.04. The van der Waals surface area contributed by atoms with Gasteiger partial charge in [-0.1, -0.05) is 49.6 Å². The molecule has 4 nitrogen and oxygen atoms in total. The second kappa shape index (κ2) is 13.6. The Morgan fingerprint density at radius 2 is 1.40 bits per heavy atom. The minimum Gasteiger partial charge on any atom is -0.388 e. The fourth-order valence-corrected chi connectivity index (χ4v) is 1.52. The number of carbonyl (C=O) groups excluding carboxylic acids is 2. The first-order chi connectivity index (χ1) is 12.0. The maximum atomic E-state index is 11.1. The van der Waals surface area contributed by atoms with Crippen molar-refractivity contribution in [1.82, 2.24) is 0 Å². The highest BCUT2D eigenvalue weighted by Crippen LogP contribution is 2.10. The number of rotatable bonds is 4. The Labute approximate surface area is 154 Å². The third-order valence-electron chi connectivity index (χ3n) is 2.87. The molecule has 0 spiro atoms. The van der Waals surface area contributed by atoms with Crippen LogP contribution in [0.3, 0.4) is 0 Å². The fraction of sp³-hybridized carbons (Fsp3) is 0.100. The van der Waals surface area contributed by atoms with Gasteiger partial charge >= 0.3 is 0 Å². The maximum Gasteiger partial charge on any atom is 0.250 e. The van der Waals surface area contributed by atoms with E-state index in [1.54, 1.807) is 11.9 Å². The monoisotopic (exact) mass is 358 g/mol. The molecule has 2 aromatic rings. The van der Waals surface area contributed by atoms with Crippen molar-refractivity contribution in [3.8, 4) is 0 Å². The molecule has 0 aliphatic carbocycles. The van der Waals surface area contributed by atoms with E-state index < -0.39 is 5.24 Å². The van der Waals surface area contributed by atoms with Crippen LogP contribution in [0.4, 0.5) is 11.4 Å². The van der Waals surface area contributed by atoms with E-state index in [1.807, 2.05) is 67.7 Å². The van der Waals surface area contributed by atoms with Gasteiger partial charge in [0.1, 0.15) is 0 Å². The van der Waals surface area contributed by atoms with Crippen LogP contribution in [0.2, 0.25) is 0 Å². The largest absolute Gasteiger partial charge is 0.388 e. The predicted octanol–water partition coefficient (Wildman–Crippen LogP) is 4.50. The average molecular weight is 359 g/mol. The summed E-state index contributed by atoms with van der Waals surface area (Å²) in [6.45, 7) is 6.49. The molecule has 0 fully saturated rings. The van der Waals surface area contributed by atoms with Crippen LogP contribution in [0, 0.1) is 0 Å². The number of anilines is 2. The zero-order valence-electron chi connectivity index (χ0n) is 14.5. The molecule has 0 aromatic heterocycles. The normalized spacial score (nSPS) is 8.44. The van der Waals surface area contributed by atoms with Gasteiger partial charge in [-0.25, -0.2) is 0 Å². The summed E-state index contributed by atoms with van der Waals surface area (Å²) in [5.41, 5.74) is 2.04. The summed E-state index contributed by atoms with van der Waals surface area (Å²) in [7, 11) is 3.63. The number of benzene rings is 2. The van der Waals surface area contributed by atoms with Crippen molar-refractivity contribution < 1.29 is 9.59 Å². The minimum atomic E-state index is -0.509. The zero-order chi connectivity index (χ0) is 19.1. The van der Waals surface area contributed by atoms with Gasteiger partial charge in [-0.2, -0.15) is 0 Å². The third-order valence-corrected chi connectivity index (χ3v) is 3.03. The summed E-state index contributed by atoms with van der Waals surface area (Å²) in [5.74, 6) is -0.0961. The van der Waals surface area contributed by atoms with Crippen molar-refractivity contribution in [2.45, 2.75) is 0 Å². The summed E-state index contributed by atoms with van der Waals surface area (Å²) in [5, 5.41) is 2.52. The second-order valence-electron chi connectivity index (χ2n) is 4.56. The molecule has 0 aliphatic heterocycles. The number of allylic oxidation sites excluding steroid dienone is 1. The van der Waals surface area contributed by atoms with Gasteiger partial charge in [-0.15, -0.1) is 0 Å². The lowest BCUT2D eigenvalue weighted by Crippen LogP contribution is -2.23. The van der Waals surface area contributed by atoms with Crippen molar-refractivity contribution in [3.63, 3.8) is 0 Å². The van der Waals surface area contributed by atoms with E-state index in [0.717, 1.165) is 17.5 Å². The lowest BCUT2D eigenvalue weighted by molar-refractivity contribution is -0.114. The fourth-order valence-electron chi connectivity index (χ4n) is 1.52. The van der Waals surface area contributed by atoms with Crippen molar-refractivity contribution in [3.05, 3.63) is 86.0 Å². The van der Waals surface area contributed by atoms with Gasteiger partial charge in [0.2, 0.25) is 11.1 Å². The van der Waals surface area contributed by atoms with E-state index in [-0.39, 0.29) is 5.91 Å².